The maximum absolute atomic E-state index is 13.4. The van der Waals surface area contributed by atoms with Gasteiger partial charge in [-0.1, -0.05) is 29.4 Å². The average molecular weight is 603 g/mol. The highest BCUT2D eigenvalue weighted by Crippen LogP contribution is 2.41. The molecule has 3 N–H and O–H groups in total. The van der Waals surface area contributed by atoms with Gasteiger partial charge in [0.25, 0.3) is 5.91 Å². The number of alkyl halides is 3. The number of carbonyl (C=O) groups is 2. The Balaban J connectivity index is 1.59. The number of allylic oxidation sites excluding steroid dienone is 2. The number of ether oxygens (including phenoxy) is 1. The zero-order chi connectivity index (χ0) is 29.7. The predicted octanol–water partition coefficient (Wildman–Crippen LogP) is 6.67. The molecule has 0 unspecified atom stereocenters. The summed E-state index contributed by atoms with van der Waals surface area (Å²) in [6.45, 7) is 1.59. The second kappa shape index (κ2) is 12.4. The molecule has 41 heavy (non-hydrogen) atoms. The molecule has 3 aromatic rings. The van der Waals surface area contributed by atoms with Crippen molar-refractivity contribution in [1.82, 2.24) is 5.32 Å². The number of halogens is 4. The van der Waals surface area contributed by atoms with Crippen LogP contribution in [0, 0.1) is 11.3 Å². The number of benzene rings is 2. The lowest BCUT2D eigenvalue weighted by Gasteiger charge is -2.28. The monoisotopic (exact) mass is 602 g/mol. The molecule has 2 aromatic carbocycles. The van der Waals surface area contributed by atoms with Crippen molar-refractivity contribution in [1.29, 1.82) is 5.26 Å². The number of nitrogens with zero attached hydrogens (tertiary/aromatic N) is 1. The number of thioether (sulfide) groups is 1. The van der Waals surface area contributed by atoms with E-state index in [1.165, 1.54) is 31.6 Å². The van der Waals surface area contributed by atoms with Crippen LogP contribution >= 0.6 is 23.4 Å². The summed E-state index contributed by atoms with van der Waals surface area (Å²) in [5.74, 6) is -1.56. The molecule has 8 nitrogen and oxygen atoms in total. The summed E-state index contributed by atoms with van der Waals surface area (Å²) in [6, 6.07) is 14.3. The third-order valence-corrected chi connectivity index (χ3v) is 7.20. The van der Waals surface area contributed by atoms with E-state index in [0.29, 0.717) is 27.2 Å². The third-order valence-electron chi connectivity index (χ3n) is 5.95. The van der Waals surface area contributed by atoms with Crippen LogP contribution in [0.4, 0.5) is 24.5 Å². The summed E-state index contributed by atoms with van der Waals surface area (Å²) in [5, 5.41) is 19.0. The predicted molar refractivity (Wildman–Crippen MR) is 149 cm³/mol. The summed E-state index contributed by atoms with van der Waals surface area (Å²) >= 11 is 7.06. The SMILES string of the molecule is COc1ccc(Cl)cc1NC(=O)CSC1=C(C#N)[C@H](c2ccco2)C(C(=O)Nc2cccc(C(F)(F)F)c2)=C(C)N1. The molecule has 0 saturated carbocycles. The van der Waals surface area contributed by atoms with Crippen molar-refractivity contribution < 1.29 is 31.9 Å². The van der Waals surface area contributed by atoms with Crippen molar-refractivity contribution in [3.63, 3.8) is 0 Å². The highest BCUT2D eigenvalue weighted by atomic mass is 35.5. The number of dihydropyridines is 1. The van der Waals surface area contributed by atoms with Crippen molar-refractivity contribution in [2.24, 2.45) is 0 Å². The van der Waals surface area contributed by atoms with E-state index in [-0.39, 0.29) is 28.3 Å². The van der Waals surface area contributed by atoms with E-state index in [1.807, 2.05) is 0 Å². The van der Waals surface area contributed by atoms with Gasteiger partial charge in [0.05, 0.1) is 58.5 Å². The minimum atomic E-state index is -4.59. The van der Waals surface area contributed by atoms with E-state index < -0.39 is 29.5 Å². The smallest absolute Gasteiger partial charge is 0.416 e. The summed E-state index contributed by atoms with van der Waals surface area (Å²) < 4.78 is 50.4. The second-order valence-electron chi connectivity index (χ2n) is 8.68. The van der Waals surface area contributed by atoms with Gasteiger partial charge >= 0.3 is 6.18 Å². The van der Waals surface area contributed by atoms with Crippen molar-refractivity contribution in [3.8, 4) is 11.8 Å². The first-order chi connectivity index (χ1) is 19.5. The normalized spacial score (nSPS) is 15.2. The molecule has 0 aliphatic carbocycles. The van der Waals surface area contributed by atoms with Crippen LogP contribution < -0.4 is 20.7 Å². The van der Waals surface area contributed by atoms with Gasteiger partial charge < -0.3 is 25.1 Å². The molecule has 1 aromatic heterocycles. The van der Waals surface area contributed by atoms with E-state index in [0.717, 1.165) is 23.9 Å². The molecule has 212 valence electrons. The van der Waals surface area contributed by atoms with Gasteiger partial charge in [-0.3, -0.25) is 9.59 Å². The molecule has 2 amide bonds. The Morgan fingerprint density at radius 2 is 1.95 bits per heavy atom. The lowest BCUT2D eigenvalue weighted by atomic mass is 9.85. The zero-order valence-corrected chi connectivity index (χ0v) is 23.1. The van der Waals surface area contributed by atoms with Crippen LogP contribution in [-0.4, -0.2) is 24.7 Å². The van der Waals surface area contributed by atoms with Crippen LogP contribution in [0.1, 0.15) is 24.2 Å². The van der Waals surface area contributed by atoms with Gasteiger partial charge in [-0.25, -0.2) is 0 Å². The molecule has 1 aliphatic rings. The molecule has 0 bridgehead atoms. The maximum atomic E-state index is 13.4. The summed E-state index contributed by atoms with van der Waals surface area (Å²) in [4.78, 5) is 26.2. The first-order valence-corrected chi connectivity index (χ1v) is 13.3. The Labute approximate surface area is 242 Å². The van der Waals surface area contributed by atoms with Crippen LogP contribution in [0.15, 0.2) is 87.1 Å². The largest absolute Gasteiger partial charge is 0.495 e. The topological polar surface area (TPSA) is 116 Å². The first-order valence-electron chi connectivity index (χ1n) is 11.9. The van der Waals surface area contributed by atoms with Crippen molar-refractivity contribution in [3.05, 3.63) is 99.1 Å². The molecule has 13 heteroatoms. The Morgan fingerprint density at radius 1 is 1.17 bits per heavy atom. The van der Waals surface area contributed by atoms with Gasteiger partial charge in [-0.05, 0) is 55.5 Å². The van der Waals surface area contributed by atoms with Crippen LogP contribution in [0.25, 0.3) is 0 Å². The highest BCUT2D eigenvalue weighted by Gasteiger charge is 2.37. The number of methoxy groups -OCH3 is 1. The van der Waals surface area contributed by atoms with Crippen LogP contribution in [0.3, 0.4) is 0 Å². The number of furan rings is 1. The maximum Gasteiger partial charge on any atom is 0.416 e. The van der Waals surface area contributed by atoms with Gasteiger partial charge in [0.1, 0.15) is 11.5 Å². The minimum Gasteiger partial charge on any atom is -0.495 e. The molecular weight excluding hydrogens is 581 g/mol. The van der Waals surface area contributed by atoms with Crippen molar-refractivity contribution in [2.45, 2.75) is 19.0 Å². The number of carbonyl (C=O) groups excluding carboxylic acids is 2. The van der Waals surface area contributed by atoms with E-state index in [2.05, 4.69) is 22.0 Å². The fraction of sp³-hybridized carbons (Fsp3) is 0.179. The Kier molecular flexibility index (Phi) is 9.00. The van der Waals surface area contributed by atoms with Crippen molar-refractivity contribution in [2.75, 3.05) is 23.5 Å². The number of hydrogen-bond donors (Lipinski definition) is 3. The molecule has 0 radical (unpaired) electrons. The average Bonchev–Trinajstić information content (AvgIpc) is 3.46. The summed E-state index contributed by atoms with van der Waals surface area (Å²) in [5.41, 5.74) is -0.122. The van der Waals surface area contributed by atoms with Crippen LogP contribution in [0.5, 0.6) is 5.75 Å². The first kappa shape index (κ1) is 29.6. The molecule has 4 rings (SSSR count). The number of amides is 2. The second-order valence-corrected chi connectivity index (χ2v) is 10.1. The Bertz CT molecular complexity index is 1580. The van der Waals surface area contributed by atoms with Gasteiger partial charge in [-0.2, -0.15) is 18.4 Å². The van der Waals surface area contributed by atoms with Crippen LogP contribution in [0.2, 0.25) is 5.02 Å². The fourth-order valence-electron chi connectivity index (χ4n) is 4.14. The van der Waals surface area contributed by atoms with E-state index in [4.69, 9.17) is 20.8 Å². The quantitative estimate of drug-likeness (QED) is 0.264. The molecule has 2 heterocycles. The zero-order valence-electron chi connectivity index (χ0n) is 21.6. The summed E-state index contributed by atoms with van der Waals surface area (Å²) in [6.07, 6.45) is -3.21. The van der Waals surface area contributed by atoms with Gasteiger partial charge in [-0.15, -0.1) is 0 Å². The number of nitriles is 1. The molecule has 1 atom stereocenters. The molecule has 0 fully saturated rings. The lowest BCUT2D eigenvalue weighted by Crippen LogP contribution is -2.31. The van der Waals surface area contributed by atoms with Gasteiger partial charge in [0, 0.05) is 16.4 Å². The van der Waals surface area contributed by atoms with E-state index in [9.17, 15) is 28.0 Å². The molecule has 0 spiro atoms. The fourth-order valence-corrected chi connectivity index (χ4v) is 5.21. The lowest BCUT2D eigenvalue weighted by molar-refractivity contribution is -0.137. The number of hydrogen-bond acceptors (Lipinski definition) is 7. The van der Waals surface area contributed by atoms with Gasteiger partial charge in [0.2, 0.25) is 5.91 Å². The summed E-state index contributed by atoms with van der Waals surface area (Å²) in [7, 11) is 1.45. The molecule has 1 aliphatic heterocycles. The van der Waals surface area contributed by atoms with Crippen LogP contribution in [-0.2, 0) is 15.8 Å². The van der Waals surface area contributed by atoms with Gasteiger partial charge in [0.15, 0.2) is 0 Å². The van der Waals surface area contributed by atoms with Crippen molar-refractivity contribution >= 4 is 46.6 Å². The molecule has 0 saturated heterocycles. The number of nitrogens with one attached hydrogen (secondary N) is 3. The number of anilines is 2. The Hall–Kier alpha value is -4.34. The molecular formula is C28H22ClF3N4O4S. The van der Waals surface area contributed by atoms with E-state index in [1.54, 1.807) is 31.2 Å². The highest BCUT2D eigenvalue weighted by molar-refractivity contribution is 8.03. The Morgan fingerprint density at radius 3 is 2.61 bits per heavy atom. The standard InChI is InChI=1S/C28H22ClF3N4O4S/c1-15-24(26(38)35-18-6-3-5-16(11-18)28(30,31)32)25(22-7-4-10-40-22)19(13-33)27(34-15)41-14-23(37)36-20-12-17(29)8-9-21(20)39-2/h3-12,25,34H,14H2,1-2H3,(H,35,38)(H,36,37)/t25-/m1/s1. The third kappa shape index (κ3) is 6.87. The van der Waals surface area contributed by atoms with E-state index >= 15 is 0 Å². The number of rotatable bonds is 8. The minimum absolute atomic E-state index is 0.0703.